The standard InChI is InChI=1S/C48H85N3O5/c1-3-5-7-9-11-13-15-17-19-21-23-25-30-37-45(52)49-40-33-32-36-44(48(55)50-41-39-47(54)56-42-43-34-28-27-29-35-43)51-46(53)38-31-26-24-22-20-18-16-14-12-10-8-6-4-2/h27-29,34-35,44H,3-26,30-33,36-42H2,1-2H3,(H,49,52)(H,50,55)(H,51,53)/t44-/m0/s1. The van der Waals surface area contributed by atoms with E-state index in [2.05, 4.69) is 29.8 Å². The molecule has 0 fully saturated rings. The Balaban J connectivity index is 2.28. The van der Waals surface area contributed by atoms with Crippen LogP contribution in [-0.2, 0) is 30.5 Å². The van der Waals surface area contributed by atoms with Gasteiger partial charge in [-0.05, 0) is 37.7 Å². The van der Waals surface area contributed by atoms with E-state index >= 15 is 0 Å². The van der Waals surface area contributed by atoms with Gasteiger partial charge in [0.15, 0.2) is 0 Å². The number of carbonyl (C=O) groups excluding carboxylic acids is 4. The summed E-state index contributed by atoms with van der Waals surface area (Å²) in [6, 6.07) is 8.81. The number of ether oxygens (including phenoxy) is 1. The summed E-state index contributed by atoms with van der Waals surface area (Å²) in [4.78, 5) is 50.7. The molecule has 1 aromatic rings. The van der Waals surface area contributed by atoms with Crippen LogP contribution >= 0.6 is 0 Å². The molecule has 0 saturated heterocycles. The molecule has 0 aliphatic rings. The Bertz CT molecular complexity index is 1080. The molecule has 1 aromatic carbocycles. The lowest BCUT2D eigenvalue weighted by Crippen LogP contribution is -2.47. The lowest BCUT2D eigenvalue weighted by atomic mass is 10.0. The lowest BCUT2D eigenvalue weighted by Gasteiger charge is -2.19. The first-order valence-corrected chi connectivity index (χ1v) is 23.5. The molecule has 0 unspecified atom stereocenters. The fourth-order valence-electron chi connectivity index (χ4n) is 7.15. The molecule has 0 aromatic heterocycles. The fourth-order valence-corrected chi connectivity index (χ4v) is 7.15. The Kier molecular flexibility index (Phi) is 35.6. The maximum absolute atomic E-state index is 13.2. The van der Waals surface area contributed by atoms with Crippen LogP contribution < -0.4 is 16.0 Å². The number of esters is 1. The summed E-state index contributed by atoms with van der Waals surface area (Å²) in [5, 5.41) is 8.82. The van der Waals surface area contributed by atoms with Crippen LogP contribution in [0.15, 0.2) is 30.3 Å². The van der Waals surface area contributed by atoms with Crippen LogP contribution in [0, 0.1) is 0 Å². The van der Waals surface area contributed by atoms with Crippen molar-refractivity contribution < 1.29 is 23.9 Å². The molecule has 0 aliphatic carbocycles. The predicted octanol–water partition coefficient (Wildman–Crippen LogP) is 12.0. The average Bonchev–Trinajstić information content (AvgIpc) is 3.20. The molecular weight excluding hydrogens is 699 g/mol. The van der Waals surface area contributed by atoms with E-state index < -0.39 is 6.04 Å². The van der Waals surface area contributed by atoms with Crippen molar-refractivity contribution in [1.29, 1.82) is 0 Å². The van der Waals surface area contributed by atoms with Gasteiger partial charge in [-0.15, -0.1) is 0 Å². The molecule has 56 heavy (non-hydrogen) atoms. The van der Waals surface area contributed by atoms with Crippen molar-refractivity contribution in [3.8, 4) is 0 Å². The van der Waals surface area contributed by atoms with Gasteiger partial charge < -0.3 is 20.7 Å². The summed E-state index contributed by atoms with van der Waals surface area (Å²) in [5.74, 6) is -0.688. The van der Waals surface area contributed by atoms with Crippen molar-refractivity contribution in [3.05, 3.63) is 35.9 Å². The van der Waals surface area contributed by atoms with Gasteiger partial charge in [0, 0.05) is 25.9 Å². The molecule has 0 bridgehead atoms. The quantitative estimate of drug-likeness (QED) is 0.0453. The highest BCUT2D eigenvalue weighted by molar-refractivity contribution is 5.87. The van der Waals surface area contributed by atoms with Gasteiger partial charge in [0.25, 0.3) is 0 Å². The molecule has 322 valence electrons. The zero-order valence-corrected chi connectivity index (χ0v) is 36.3. The SMILES string of the molecule is CCCCCCCCCCCCCCCC(=O)NCCCC[C@H](NC(=O)CCCCCCCCCCCCCCC)C(=O)NCCC(=O)OCc1ccccc1. The van der Waals surface area contributed by atoms with Crippen LogP contribution in [0.1, 0.15) is 225 Å². The monoisotopic (exact) mass is 784 g/mol. The molecule has 3 amide bonds. The van der Waals surface area contributed by atoms with Crippen LogP contribution in [0.4, 0.5) is 0 Å². The molecule has 8 nitrogen and oxygen atoms in total. The third-order valence-electron chi connectivity index (χ3n) is 10.8. The van der Waals surface area contributed by atoms with Crippen LogP contribution in [-0.4, -0.2) is 42.8 Å². The second-order valence-electron chi connectivity index (χ2n) is 16.1. The summed E-state index contributed by atoms with van der Waals surface area (Å²) >= 11 is 0. The van der Waals surface area contributed by atoms with Crippen molar-refractivity contribution in [2.45, 2.75) is 232 Å². The van der Waals surface area contributed by atoms with E-state index in [1.807, 2.05) is 30.3 Å². The van der Waals surface area contributed by atoms with Crippen molar-refractivity contribution >= 4 is 23.7 Å². The Labute approximate surface area is 343 Å². The van der Waals surface area contributed by atoms with Crippen LogP contribution in [0.5, 0.6) is 0 Å². The smallest absolute Gasteiger partial charge is 0.307 e. The van der Waals surface area contributed by atoms with E-state index in [0.717, 1.165) is 44.1 Å². The molecule has 0 radical (unpaired) electrons. The van der Waals surface area contributed by atoms with E-state index in [0.29, 0.717) is 32.2 Å². The highest BCUT2D eigenvalue weighted by atomic mass is 16.5. The number of amides is 3. The predicted molar refractivity (Wildman–Crippen MR) is 233 cm³/mol. The fraction of sp³-hybridized carbons (Fsp3) is 0.792. The largest absolute Gasteiger partial charge is 0.461 e. The Morgan fingerprint density at radius 3 is 1.41 bits per heavy atom. The second kappa shape index (κ2) is 38.9. The first kappa shape index (κ1) is 51.1. The van der Waals surface area contributed by atoms with Gasteiger partial charge in [-0.1, -0.05) is 198 Å². The van der Waals surface area contributed by atoms with Gasteiger partial charge in [-0.25, -0.2) is 0 Å². The molecule has 3 N–H and O–H groups in total. The van der Waals surface area contributed by atoms with Gasteiger partial charge in [-0.3, -0.25) is 19.2 Å². The summed E-state index contributed by atoms with van der Waals surface area (Å²) in [7, 11) is 0. The van der Waals surface area contributed by atoms with E-state index in [1.54, 1.807) is 0 Å². The first-order valence-electron chi connectivity index (χ1n) is 23.5. The van der Waals surface area contributed by atoms with Crippen molar-refractivity contribution in [2.75, 3.05) is 13.1 Å². The highest BCUT2D eigenvalue weighted by Crippen LogP contribution is 2.15. The van der Waals surface area contributed by atoms with Gasteiger partial charge in [0.05, 0.1) is 6.42 Å². The molecule has 0 heterocycles. The number of unbranched alkanes of at least 4 members (excludes halogenated alkanes) is 25. The summed E-state index contributed by atoms with van der Waals surface area (Å²) in [5.41, 5.74) is 0.909. The molecule has 0 saturated carbocycles. The summed E-state index contributed by atoms with van der Waals surface area (Å²) in [6.07, 6.45) is 35.9. The maximum Gasteiger partial charge on any atom is 0.307 e. The lowest BCUT2D eigenvalue weighted by molar-refractivity contribution is -0.145. The minimum Gasteiger partial charge on any atom is -0.461 e. The normalized spacial score (nSPS) is 11.6. The van der Waals surface area contributed by atoms with Crippen LogP contribution in [0.25, 0.3) is 0 Å². The van der Waals surface area contributed by atoms with Gasteiger partial charge >= 0.3 is 5.97 Å². The first-order chi connectivity index (χ1) is 27.5. The number of hydrogen-bond donors (Lipinski definition) is 3. The number of hydrogen-bond acceptors (Lipinski definition) is 5. The van der Waals surface area contributed by atoms with Crippen molar-refractivity contribution in [3.63, 3.8) is 0 Å². The zero-order valence-electron chi connectivity index (χ0n) is 36.3. The molecule has 1 atom stereocenters. The van der Waals surface area contributed by atoms with Crippen LogP contribution in [0.3, 0.4) is 0 Å². The third kappa shape index (κ3) is 33.3. The van der Waals surface area contributed by atoms with Crippen molar-refractivity contribution in [1.82, 2.24) is 16.0 Å². The Morgan fingerprint density at radius 1 is 0.482 bits per heavy atom. The third-order valence-corrected chi connectivity index (χ3v) is 10.8. The Morgan fingerprint density at radius 2 is 0.929 bits per heavy atom. The van der Waals surface area contributed by atoms with E-state index in [4.69, 9.17) is 4.74 Å². The number of benzene rings is 1. The minimum atomic E-state index is -0.675. The molecule has 0 spiro atoms. The van der Waals surface area contributed by atoms with E-state index in [-0.39, 0.29) is 43.3 Å². The number of carbonyl (C=O) groups is 4. The van der Waals surface area contributed by atoms with E-state index in [1.165, 1.54) is 135 Å². The second-order valence-corrected chi connectivity index (χ2v) is 16.1. The Hall–Kier alpha value is -2.90. The molecule has 8 heteroatoms. The number of nitrogens with one attached hydrogen (secondary N) is 3. The molecule has 0 aliphatic heterocycles. The summed E-state index contributed by atoms with van der Waals surface area (Å²) < 4.78 is 5.33. The van der Waals surface area contributed by atoms with Gasteiger partial charge in [0.1, 0.15) is 12.6 Å². The average molecular weight is 784 g/mol. The topological polar surface area (TPSA) is 114 Å². The number of rotatable bonds is 40. The highest BCUT2D eigenvalue weighted by Gasteiger charge is 2.20. The van der Waals surface area contributed by atoms with Crippen molar-refractivity contribution in [2.24, 2.45) is 0 Å². The maximum atomic E-state index is 13.2. The van der Waals surface area contributed by atoms with Gasteiger partial charge in [-0.2, -0.15) is 0 Å². The van der Waals surface area contributed by atoms with E-state index in [9.17, 15) is 19.2 Å². The molecule has 1 rings (SSSR count). The van der Waals surface area contributed by atoms with Gasteiger partial charge in [0.2, 0.25) is 17.7 Å². The summed E-state index contributed by atoms with van der Waals surface area (Å²) in [6.45, 7) is 5.43. The zero-order chi connectivity index (χ0) is 40.6. The minimum absolute atomic E-state index is 0.0590. The molecular formula is C48H85N3O5. The van der Waals surface area contributed by atoms with Crippen LogP contribution in [0.2, 0.25) is 0 Å².